The molecule has 7 heteroatoms. The molecule has 0 spiro atoms. The third kappa shape index (κ3) is 4.18. The molecule has 0 saturated heterocycles. The first kappa shape index (κ1) is 21.2. The summed E-state index contributed by atoms with van der Waals surface area (Å²) >= 11 is 2.30. The summed E-state index contributed by atoms with van der Waals surface area (Å²) in [7, 11) is 0. The van der Waals surface area contributed by atoms with E-state index in [2.05, 4.69) is 57.0 Å². The van der Waals surface area contributed by atoms with E-state index < -0.39 is 0 Å². The smallest absolute Gasteiger partial charge is 0.229 e. The summed E-state index contributed by atoms with van der Waals surface area (Å²) < 4.78 is 0.405. The molecule has 3 aromatic rings. The Labute approximate surface area is 200 Å². The van der Waals surface area contributed by atoms with Crippen LogP contribution in [0.4, 0.5) is 17.2 Å². The Bertz CT molecular complexity index is 1200. The summed E-state index contributed by atoms with van der Waals surface area (Å²) in [5.74, 6) is 0.739. The molecular weight excluding hydrogens is 515 g/mol. The number of fused-ring (bicyclic) bond motifs is 1. The Morgan fingerprint density at radius 1 is 1.19 bits per heavy atom. The van der Waals surface area contributed by atoms with Gasteiger partial charge in [-0.3, -0.25) is 9.59 Å². The molecule has 1 amide bonds. The number of carbonyl (C=O) groups is 2. The quantitative estimate of drug-likeness (QED) is 0.285. The van der Waals surface area contributed by atoms with E-state index in [0.29, 0.717) is 16.2 Å². The van der Waals surface area contributed by atoms with Gasteiger partial charge in [0.2, 0.25) is 5.91 Å². The number of pyridine rings is 1. The van der Waals surface area contributed by atoms with Crippen LogP contribution in [0.5, 0.6) is 0 Å². The van der Waals surface area contributed by atoms with Crippen molar-refractivity contribution in [3.63, 3.8) is 0 Å². The van der Waals surface area contributed by atoms with E-state index in [0.717, 1.165) is 46.7 Å². The number of Topliss-reactive ketones (excluding diaryl/α,β-unsaturated/α-hetero) is 1. The van der Waals surface area contributed by atoms with Crippen LogP contribution < -0.4 is 10.6 Å². The van der Waals surface area contributed by atoms with Crippen molar-refractivity contribution in [1.29, 1.82) is 0 Å². The molecule has 1 aromatic carbocycles. The second kappa shape index (κ2) is 8.03. The predicted molar refractivity (Wildman–Crippen MR) is 135 cm³/mol. The van der Waals surface area contributed by atoms with Gasteiger partial charge < -0.3 is 15.6 Å². The van der Waals surface area contributed by atoms with Crippen LogP contribution in [0.15, 0.2) is 48.7 Å². The highest BCUT2D eigenvalue weighted by Crippen LogP contribution is 2.43. The van der Waals surface area contributed by atoms with Gasteiger partial charge in [0.05, 0.1) is 22.9 Å². The fourth-order valence-electron chi connectivity index (χ4n) is 4.37. The second-order valence-corrected chi connectivity index (χ2v) is 11.0. The second-order valence-electron chi connectivity index (χ2n) is 9.44. The maximum absolute atomic E-state index is 13.2. The lowest BCUT2D eigenvalue weighted by Gasteiger charge is -2.28. The number of nitrogens with one attached hydrogen (secondary N) is 3. The molecule has 1 saturated carbocycles. The van der Waals surface area contributed by atoms with Crippen molar-refractivity contribution in [3.05, 3.63) is 59.9 Å². The number of aromatic amines is 1. The molecule has 0 unspecified atom stereocenters. The highest BCUT2D eigenvalue weighted by Gasteiger charge is 2.41. The van der Waals surface area contributed by atoms with Gasteiger partial charge in [0, 0.05) is 33.5 Å². The molecule has 0 bridgehead atoms. The molecule has 6 nitrogen and oxygen atoms in total. The zero-order valence-corrected chi connectivity index (χ0v) is 20.2. The lowest BCUT2D eigenvalue weighted by molar-refractivity contribution is -0.117. The molecule has 2 heterocycles. The van der Waals surface area contributed by atoms with Crippen molar-refractivity contribution in [2.75, 3.05) is 10.6 Å². The number of benzene rings is 1. The van der Waals surface area contributed by atoms with Crippen molar-refractivity contribution in [2.45, 2.75) is 37.0 Å². The predicted octanol–water partition coefficient (Wildman–Crippen LogP) is 5.74. The van der Waals surface area contributed by atoms with Gasteiger partial charge in [0.1, 0.15) is 5.82 Å². The Kier molecular flexibility index (Phi) is 5.31. The lowest BCUT2D eigenvalue weighted by Crippen LogP contribution is -2.26. The zero-order valence-electron chi connectivity index (χ0n) is 18.0. The van der Waals surface area contributed by atoms with Crippen LogP contribution >= 0.6 is 22.6 Å². The van der Waals surface area contributed by atoms with Gasteiger partial charge in [-0.15, -0.1) is 0 Å². The summed E-state index contributed by atoms with van der Waals surface area (Å²) in [5.41, 5.74) is 5.00. The van der Waals surface area contributed by atoms with Crippen molar-refractivity contribution >= 4 is 51.5 Å². The summed E-state index contributed by atoms with van der Waals surface area (Å²) in [6.07, 6.45) is 3.91. The molecule has 2 aromatic heterocycles. The van der Waals surface area contributed by atoms with Crippen LogP contribution in [0.3, 0.4) is 0 Å². The van der Waals surface area contributed by atoms with E-state index in [1.165, 1.54) is 0 Å². The van der Waals surface area contributed by atoms with Crippen molar-refractivity contribution in [1.82, 2.24) is 9.97 Å². The van der Waals surface area contributed by atoms with E-state index in [4.69, 9.17) is 0 Å². The maximum atomic E-state index is 13.2. The monoisotopic (exact) mass is 540 g/mol. The van der Waals surface area contributed by atoms with Crippen LogP contribution in [-0.2, 0) is 11.2 Å². The third-order valence-electron chi connectivity index (χ3n) is 6.04. The van der Waals surface area contributed by atoms with Crippen molar-refractivity contribution < 1.29 is 9.59 Å². The van der Waals surface area contributed by atoms with Crippen LogP contribution in [-0.4, -0.2) is 25.6 Å². The highest BCUT2D eigenvalue weighted by atomic mass is 127. The molecular formula is C25H25IN4O2. The minimum atomic E-state index is -0.0894. The fraction of sp³-hybridized carbons (Fsp3) is 0.320. The highest BCUT2D eigenvalue weighted by molar-refractivity contribution is 14.1. The number of alkyl halides is 1. The molecule has 3 N–H and O–H groups in total. The van der Waals surface area contributed by atoms with E-state index in [1.54, 1.807) is 6.20 Å². The van der Waals surface area contributed by atoms with Crippen molar-refractivity contribution in [3.8, 4) is 11.3 Å². The Morgan fingerprint density at radius 2 is 1.94 bits per heavy atom. The number of amides is 1. The largest absolute Gasteiger partial charge is 0.356 e. The van der Waals surface area contributed by atoms with Crippen LogP contribution in [0.1, 0.15) is 42.7 Å². The number of hydrogen-bond acceptors (Lipinski definition) is 4. The average Bonchev–Trinajstić information content (AvgIpc) is 3.37. The Morgan fingerprint density at radius 3 is 2.66 bits per heavy atom. The van der Waals surface area contributed by atoms with E-state index in [1.807, 2.05) is 42.5 Å². The molecule has 1 fully saturated rings. The average molecular weight is 540 g/mol. The number of carbonyl (C=O) groups excluding carboxylic acids is 2. The van der Waals surface area contributed by atoms with E-state index in [-0.39, 0.29) is 23.0 Å². The van der Waals surface area contributed by atoms with E-state index >= 15 is 0 Å². The minimum Gasteiger partial charge on any atom is -0.356 e. The van der Waals surface area contributed by atoms with Gasteiger partial charge in [-0.05, 0) is 42.5 Å². The lowest BCUT2D eigenvalue weighted by atomic mass is 9.76. The molecule has 2 atom stereocenters. The summed E-state index contributed by atoms with van der Waals surface area (Å²) in [6.45, 7) is 4.24. The van der Waals surface area contributed by atoms with Gasteiger partial charge in [-0.1, -0.05) is 54.6 Å². The van der Waals surface area contributed by atoms with Crippen LogP contribution in [0, 0.1) is 11.3 Å². The molecule has 5 rings (SSSR count). The number of rotatable bonds is 5. The SMILES string of the molecule is CC1(C)CC(=O)c2c([nH]c(-c3ccnc(NC(=O)[C@H]4C[C@@H]4I)c3)c2Nc2ccccc2)C1. The molecule has 0 radical (unpaired) electrons. The molecule has 164 valence electrons. The van der Waals surface area contributed by atoms with E-state index in [9.17, 15) is 9.59 Å². The summed E-state index contributed by atoms with van der Waals surface area (Å²) in [6, 6.07) is 13.6. The zero-order chi connectivity index (χ0) is 22.5. The number of para-hydroxylation sites is 1. The normalized spacial score (nSPS) is 21.0. The number of anilines is 3. The van der Waals surface area contributed by atoms with Gasteiger partial charge >= 0.3 is 0 Å². The first-order valence-corrected chi connectivity index (χ1v) is 12.1. The van der Waals surface area contributed by atoms with Crippen molar-refractivity contribution in [2.24, 2.45) is 11.3 Å². The standard InChI is InChI=1S/C25H25IN4O2/c1-25(2)12-18-21(19(31)13-25)23(28-15-6-4-3-5-7-15)22(29-18)14-8-9-27-20(10-14)30-24(32)16-11-17(16)26/h3-10,16-17,28-29H,11-13H2,1-2H3,(H,27,30,32)/t16-,17-/m0/s1. The number of aromatic nitrogens is 2. The third-order valence-corrected chi connectivity index (χ3v) is 7.42. The molecule has 0 aliphatic heterocycles. The number of ketones is 1. The maximum Gasteiger partial charge on any atom is 0.229 e. The van der Waals surface area contributed by atoms with Gasteiger partial charge in [0.25, 0.3) is 0 Å². The first-order chi connectivity index (χ1) is 15.3. The molecule has 2 aliphatic rings. The van der Waals surface area contributed by atoms with Crippen LogP contribution in [0.25, 0.3) is 11.3 Å². The minimum absolute atomic E-state index is 0.0133. The fourth-order valence-corrected chi connectivity index (χ4v) is 5.25. The van der Waals surface area contributed by atoms with Gasteiger partial charge in [-0.25, -0.2) is 4.98 Å². The summed E-state index contributed by atoms with van der Waals surface area (Å²) in [4.78, 5) is 33.4. The van der Waals surface area contributed by atoms with Gasteiger partial charge in [-0.2, -0.15) is 0 Å². The van der Waals surface area contributed by atoms with Crippen LogP contribution in [0.2, 0.25) is 0 Å². The first-order valence-electron chi connectivity index (χ1n) is 10.8. The summed E-state index contributed by atoms with van der Waals surface area (Å²) in [5, 5.41) is 6.41. The Balaban J connectivity index is 1.55. The topological polar surface area (TPSA) is 86.9 Å². The molecule has 2 aliphatic carbocycles. The number of H-pyrrole nitrogens is 1. The number of nitrogens with zero attached hydrogens (tertiary/aromatic N) is 1. The van der Waals surface area contributed by atoms with Gasteiger partial charge in [0.15, 0.2) is 5.78 Å². The Hall–Kier alpha value is -2.68. The number of halogens is 1. The number of hydrogen-bond donors (Lipinski definition) is 3. The molecule has 32 heavy (non-hydrogen) atoms.